The minimum Gasteiger partial charge on any atom is -0.348 e. The second kappa shape index (κ2) is 4.66. The van der Waals surface area contributed by atoms with Crippen molar-refractivity contribution >= 4 is 5.91 Å². The Balaban J connectivity index is 2.05. The summed E-state index contributed by atoms with van der Waals surface area (Å²) in [5.41, 5.74) is 3.14. The third-order valence-corrected chi connectivity index (χ3v) is 3.16. The molecule has 1 unspecified atom stereocenters. The minimum absolute atomic E-state index is 0.0387. The van der Waals surface area contributed by atoms with Gasteiger partial charge in [-0.05, 0) is 50.1 Å². The molecule has 1 atom stereocenters. The Labute approximate surface area is 96.2 Å². The first-order chi connectivity index (χ1) is 7.66. The number of amides is 1. The molecule has 0 spiro atoms. The van der Waals surface area contributed by atoms with Crippen LogP contribution in [0.2, 0.25) is 0 Å². The molecule has 1 heterocycles. The number of carbonyl (C=O) groups excluding carboxylic acids is 1. The van der Waals surface area contributed by atoms with Crippen molar-refractivity contribution in [2.24, 2.45) is 0 Å². The molecule has 2 N–H and O–H groups in total. The second-order valence-corrected chi connectivity index (χ2v) is 4.46. The summed E-state index contributed by atoms with van der Waals surface area (Å²) in [6.07, 6.45) is 1.02. The molecule has 1 fully saturated rings. The van der Waals surface area contributed by atoms with Crippen molar-refractivity contribution < 1.29 is 4.79 Å². The molecule has 3 nitrogen and oxygen atoms in total. The molecule has 3 heteroatoms. The van der Waals surface area contributed by atoms with E-state index in [1.165, 1.54) is 5.56 Å². The van der Waals surface area contributed by atoms with Gasteiger partial charge in [-0.15, -0.1) is 0 Å². The number of rotatable bonds is 2. The highest BCUT2D eigenvalue weighted by atomic mass is 16.1. The molecule has 1 aromatic carbocycles. The van der Waals surface area contributed by atoms with Crippen LogP contribution in [-0.4, -0.2) is 25.0 Å². The van der Waals surface area contributed by atoms with Crippen LogP contribution in [0, 0.1) is 13.8 Å². The Morgan fingerprint density at radius 2 is 2.19 bits per heavy atom. The Bertz CT molecular complexity index is 395. The first kappa shape index (κ1) is 11.1. The van der Waals surface area contributed by atoms with Crippen LogP contribution in [0.4, 0.5) is 0 Å². The molecule has 0 radical (unpaired) electrons. The highest BCUT2D eigenvalue weighted by Crippen LogP contribution is 2.10. The zero-order valence-electron chi connectivity index (χ0n) is 9.84. The molecule has 0 aromatic heterocycles. The van der Waals surface area contributed by atoms with Gasteiger partial charge in [-0.3, -0.25) is 4.79 Å². The summed E-state index contributed by atoms with van der Waals surface area (Å²) >= 11 is 0. The molecule has 1 amide bonds. The lowest BCUT2D eigenvalue weighted by molar-refractivity contribution is 0.0940. The number of carbonyl (C=O) groups is 1. The van der Waals surface area contributed by atoms with Crippen molar-refractivity contribution in [2.45, 2.75) is 26.3 Å². The molecule has 1 aliphatic heterocycles. The van der Waals surface area contributed by atoms with Crippen molar-refractivity contribution in [3.63, 3.8) is 0 Å². The number of nitrogens with one attached hydrogen (secondary N) is 2. The van der Waals surface area contributed by atoms with Gasteiger partial charge in [0.25, 0.3) is 5.91 Å². The lowest BCUT2D eigenvalue weighted by Crippen LogP contribution is -2.36. The maximum atomic E-state index is 11.9. The summed E-state index contributed by atoms with van der Waals surface area (Å²) < 4.78 is 0. The van der Waals surface area contributed by atoms with Crippen LogP contribution in [0.5, 0.6) is 0 Å². The predicted molar refractivity (Wildman–Crippen MR) is 64.7 cm³/mol. The maximum absolute atomic E-state index is 11.9. The molecule has 1 saturated heterocycles. The predicted octanol–water partition coefficient (Wildman–Crippen LogP) is 1.40. The van der Waals surface area contributed by atoms with Gasteiger partial charge in [0.15, 0.2) is 0 Å². The lowest BCUT2D eigenvalue weighted by atomic mass is 10.1. The van der Waals surface area contributed by atoms with E-state index in [0.29, 0.717) is 0 Å². The standard InChI is InChI=1S/C13H18N2O/c1-9-3-4-11(7-10(9)2)13(16)15-12-5-6-14-8-12/h3-4,7,12,14H,5-6,8H2,1-2H3,(H,15,16). The monoisotopic (exact) mass is 218 g/mol. The lowest BCUT2D eigenvalue weighted by Gasteiger charge is -2.12. The van der Waals surface area contributed by atoms with E-state index in [1.54, 1.807) is 0 Å². The molecule has 86 valence electrons. The molecule has 0 aliphatic carbocycles. The van der Waals surface area contributed by atoms with Gasteiger partial charge >= 0.3 is 0 Å². The Morgan fingerprint density at radius 3 is 2.81 bits per heavy atom. The third kappa shape index (κ3) is 2.42. The van der Waals surface area contributed by atoms with Crippen LogP contribution in [0.25, 0.3) is 0 Å². The number of aryl methyl sites for hydroxylation is 2. The third-order valence-electron chi connectivity index (χ3n) is 3.16. The van der Waals surface area contributed by atoms with E-state index >= 15 is 0 Å². The minimum atomic E-state index is 0.0387. The molecular weight excluding hydrogens is 200 g/mol. The first-order valence-electron chi connectivity index (χ1n) is 5.75. The van der Waals surface area contributed by atoms with Crippen LogP contribution >= 0.6 is 0 Å². The van der Waals surface area contributed by atoms with Gasteiger partial charge in [0.2, 0.25) is 0 Å². The summed E-state index contributed by atoms with van der Waals surface area (Å²) in [4.78, 5) is 11.9. The van der Waals surface area contributed by atoms with E-state index < -0.39 is 0 Å². The SMILES string of the molecule is Cc1ccc(C(=O)NC2CCNC2)cc1C. The first-order valence-corrected chi connectivity index (χ1v) is 5.75. The van der Waals surface area contributed by atoms with Crippen LogP contribution in [0.15, 0.2) is 18.2 Å². The van der Waals surface area contributed by atoms with Gasteiger partial charge in [0.05, 0.1) is 0 Å². The van der Waals surface area contributed by atoms with Crippen molar-refractivity contribution in [3.8, 4) is 0 Å². The highest BCUT2D eigenvalue weighted by Gasteiger charge is 2.17. The van der Waals surface area contributed by atoms with E-state index in [0.717, 1.165) is 30.6 Å². The number of hydrogen-bond donors (Lipinski definition) is 2. The van der Waals surface area contributed by atoms with Gasteiger partial charge in [-0.2, -0.15) is 0 Å². The van der Waals surface area contributed by atoms with Gasteiger partial charge in [0, 0.05) is 18.2 Å². The summed E-state index contributed by atoms with van der Waals surface area (Å²) in [6.45, 7) is 5.97. The summed E-state index contributed by atoms with van der Waals surface area (Å²) in [6, 6.07) is 6.12. The van der Waals surface area contributed by atoms with Crippen LogP contribution in [-0.2, 0) is 0 Å². The fourth-order valence-electron chi connectivity index (χ4n) is 1.93. The van der Waals surface area contributed by atoms with Crippen molar-refractivity contribution in [3.05, 3.63) is 34.9 Å². The number of hydrogen-bond acceptors (Lipinski definition) is 2. The molecule has 1 aromatic rings. The molecule has 1 aliphatic rings. The summed E-state index contributed by atoms with van der Waals surface area (Å²) in [5.74, 6) is 0.0387. The van der Waals surface area contributed by atoms with Crippen molar-refractivity contribution in [1.29, 1.82) is 0 Å². The quantitative estimate of drug-likeness (QED) is 0.787. The average Bonchev–Trinajstić information content (AvgIpc) is 2.74. The van der Waals surface area contributed by atoms with Crippen LogP contribution in [0.3, 0.4) is 0 Å². The Hall–Kier alpha value is -1.35. The van der Waals surface area contributed by atoms with E-state index in [2.05, 4.69) is 17.6 Å². The summed E-state index contributed by atoms with van der Waals surface area (Å²) in [5, 5.41) is 6.28. The average molecular weight is 218 g/mol. The van der Waals surface area contributed by atoms with Gasteiger partial charge in [-0.25, -0.2) is 0 Å². The van der Waals surface area contributed by atoms with Gasteiger partial charge in [0.1, 0.15) is 0 Å². The van der Waals surface area contributed by atoms with Gasteiger partial charge < -0.3 is 10.6 Å². The topological polar surface area (TPSA) is 41.1 Å². The zero-order valence-corrected chi connectivity index (χ0v) is 9.84. The van der Waals surface area contributed by atoms with E-state index in [-0.39, 0.29) is 11.9 Å². The fourth-order valence-corrected chi connectivity index (χ4v) is 1.93. The second-order valence-electron chi connectivity index (χ2n) is 4.46. The smallest absolute Gasteiger partial charge is 0.251 e. The fraction of sp³-hybridized carbons (Fsp3) is 0.462. The highest BCUT2D eigenvalue weighted by molar-refractivity contribution is 5.94. The molecule has 0 bridgehead atoms. The molecular formula is C13H18N2O. The van der Waals surface area contributed by atoms with Crippen molar-refractivity contribution in [1.82, 2.24) is 10.6 Å². The molecule has 0 saturated carbocycles. The van der Waals surface area contributed by atoms with Gasteiger partial charge in [-0.1, -0.05) is 6.07 Å². The molecule has 2 rings (SSSR count). The van der Waals surface area contributed by atoms with Crippen LogP contribution < -0.4 is 10.6 Å². The Morgan fingerprint density at radius 1 is 1.38 bits per heavy atom. The summed E-state index contributed by atoms with van der Waals surface area (Å²) in [7, 11) is 0. The Kier molecular flexibility index (Phi) is 3.25. The zero-order chi connectivity index (χ0) is 11.5. The normalized spacial score (nSPS) is 19.8. The maximum Gasteiger partial charge on any atom is 0.251 e. The van der Waals surface area contributed by atoms with E-state index in [1.807, 2.05) is 25.1 Å². The molecule has 16 heavy (non-hydrogen) atoms. The van der Waals surface area contributed by atoms with E-state index in [9.17, 15) is 4.79 Å². The van der Waals surface area contributed by atoms with Crippen LogP contribution in [0.1, 0.15) is 27.9 Å². The van der Waals surface area contributed by atoms with Crippen molar-refractivity contribution in [2.75, 3.05) is 13.1 Å². The number of benzene rings is 1. The van der Waals surface area contributed by atoms with E-state index in [4.69, 9.17) is 0 Å². The largest absolute Gasteiger partial charge is 0.348 e.